The maximum absolute atomic E-state index is 12.0. The van der Waals surface area contributed by atoms with Gasteiger partial charge in [-0.3, -0.25) is 9.69 Å². The molecule has 0 spiro atoms. The number of amides is 1. The van der Waals surface area contributed by atoms with Gasteiger partial charge in [-0.2, -0.15) is 0 Å². The Morgan fingerprint density at radius 2 is 2.32 bits per heavy atom. The highest BCUT2D eigenvalue weighted by Crippen LogP contribution is 2.29. The van der Waals surface area contributed by atoms with Crippen molar-refractivity contribution in [3.05, 3.63) is 0 Å². The van der Waals surface area contributed by atoms with E-state index < -0.39 is 0 Å². The molecular weight excluding hydrogens is 244 g/mol. The van der Waals surface area contributed by atoms with Crippen LogP contribution in [0.25, 0.3) is 0 Å². The Labute approximate surface area is 116 Å². The topological polar surface area (TPSA) is 61.8 Å². The Hall–Kier alpha value is -0.650. The zero-order chi connectivity index (χ0) is 14.3. The normalized spacial score (nSPS) is 26.1. The molecule has 112 valence electrons. The predicted molar refractivity (Wildman–Crippen MR) is 75.0 cm³/mol. The van der Waals surface area contributed by atoms with Crippen LogP contribution in [-0.2, 0) is 9.53 Å². The smallest absolute Gasteiger partial charge is 0.237 e. The highest BCUT2D eigenvalue weighted by atomic mass is 16.5. The van der Waals surface area contributed by atoms with Crippen LogP contribution in [0.3, 0.4) is 0 Å². The fourth-order valence-corrected chi connectivity index (χ4v) is 2.56. The average molecular weight is 272 g/mol. The summed E-state index contributed by atoms with van der Waals surface area (Å²) in [6.45, 7) is 7.25. The Morgan fingerprint density at radius 1 is 1.58 bits per heavy atom. The number of nitrogens with zero attached hydrogens (tertiary/aromatic N) is 1. The number of hydrogen-bond acceptors (Lipinski definition) is 4. The van der Waals surface area contributed by atoms with Crippen LogP contribution < -0.4 is 5.32 Å². The van der Waals surface area contributed by atoms with Crippen LogP contribution in [0.1, 0.15) is 33.1 Å². The maximum Gasteiger partial charge on any atom is 0.237 e. The summed E-state index contributed by atoms with van der Waals surface area (Å²) in [6.07, 6.45) is 2.91. The lowest BCUT2D eigenvalue weighted by atomic mass is 9.82. The number of likely N-dealkylation sites (tertiary alicyclic amines) is 1. The van der Waals surface area contributed by atoms with Gasteiger partial charge >= 0.3 is 0 Å². The summed E-state index contributed by atoms with van der Waals surface area (Å²) in [6, 6.07) is -0.131. The number of hydrogen-bond donors (Lipinski definition) is 2. The molecule has 1 fully saturated rings. The van der Waals surface area contributed by atoms with Gasteiger partial charge in [0, 0.05) is 38.8 Å². The standard InChI is InChI=1S/C14H28N2O3/c1-12(13(18)15-7-5-9-19-3)16-8-4-6-14(2,10-16)11-17/h12,17H,4-11H2,1-3H3,(H,15,18). The van der Waals surface area contributed by atoms with Crippen LogP contribution in [0.5, 0.6) is 0 Å². The molecule has 0 aromatic carbocycles. The van der Waals surface area contributed by atoms with Crippen LogP contribution in [0.15, 0.2) is 0 Å². The van der Waals surface area contributed by atoms with Crippen molar-refractivity contribution in [1.82, 2.24) is 10.2 Å². The minimum Gasteiger partial charge on any atom is -0.396 e. The lowest BCUT2D eigenvalue weighted by Gasteiger charge is -2.41. The fraction of sp³-hybridized carbons (Fsp3) is 0.929. The van der Waals surface area contributed by atoms with E-state index in [1.807, 2.05) is 6.92 Å². The molecule has 5 heteroatoms. The molecular formula is C14H28N2O3. The van der Waals surface area contributed by atoms with Crippen LogP contribution in [0, 0.1) is 5.41 Å². The van der Waals surface area contributed by atoms with E-state index in [1.165, 1.54) is 0 Å². The summed E-state index contributed by atoms with van der Waals surface area (Å²) in [5, 5.41) is 12.4. The average Bonchev–Trinajstić information content (AvgIpc) is 2.42. The number of rotatable bonds is 7. The van der Waals surface area contributed by atoms with Gasteiger partial charge in [-0.05, 0) is 32.7 Å². The van der Waals surface area contributed by atoms with Gasteiger partial charge in [0.25, 0.3) is 0 Å². The first-order valence-electron chi connectivity index (χ1n) is 7.14. The second kappa shape index (κ2) is 7.82. The molecule has 2 N–H and O–H groups in total. The Morgan fingerprint density at radius 3 is 2.95 bits per heavy atom. The molecule has 1 aliphatic heterocycles. The molecule has 0 aromatic heterocycles. The molecule has 1 saturated heterocycles. The van der Waals surface area contributed by atoms with Gasteiger partial charge in [0.15, 0.2) is 0 Å². The summed E-state index contributed by atoms with van der Waals surface area (Å²) in [7, 11) is 1.66. The molecule has 1 rings (SSSR count). The molecule has 1 amide bonds. The molecule has 0 radical (unpaired) electrons. The highest BCUT2D eigenvalue weighted by molar-refractivity contribution is 5.81. The van der Waals surface area contributed by atoms with E-state index in [2.05, 4.69) is 17.1 Å². The number of carbonyl (C=O) groups excluding carboxylic acids is 1. The quantitative estimate of drug-likeness (QED) is 0.667. The first-order chi connectivity index (χ1) is 9.02. The van der Waals surface area contributed by atoms with Crippen LogP contribution in [0.4, 0.5) is 0 Å². The molecule has 1 aliphatic rings. The third-order valence-corrected chi connectivity index (χ3v) is 3.94. The molecule has 0 bridgehead atoms. The number of methoxy groups -OCH3 is 1. The van der Waals surface area contributed by atoms with E-state index in [9.17, 15) is 9.90 Å². The molecule has 5 nitrogen and oxygen atoms in total. The van der Waals surface area contributed by atoms with E-state index in [-0.39, 0.29) is 24.0 Å². The lowest BCUT2D eigenvalue weighted by Crippen LogP contribution is -2.52. The van der Waals surface area contributed by atoms with E-state index in [0.717, 1.165) is 32.4 Å². The van der Waals surface area contributed by atoms with Gasteiger partial charge in [-0.15, -0.1) is 0 Å². The lowest BCUT2D eigenvalue weighted by molar-refractivity contribution is -0.127. The van der Waals surface area contributed by atoms with Crippen LogP contribution in [0.2, 0.25) is 0 Å². The van der Waals surface area contributed by atoms with Crippen molar-refractivity contribution in [3.8, 4) is 0 Å². The van der Waals surface area contributed by atoms with Crippen molar-refractivity contribution in [2.45, 2.75) is 39.2 Å². The monoisotopic (exact) mass is 272 g/mol. The van der Waals surface area contributed by atoms with Gasteiger partial charge in [0.05, 0.1) is 6.04 Å². The van der Waals surface area contributed by atoms with Gasteiger partial charge in [0.1, 0.15) is 0 Å². The summed E-state index contributed by atoms with van der Waals surface area (Å²) in [5.41, 5.74) is -0.0666. The minimum absolute atomic E-state index is 0.0666. The van der Waals surface area contributed by atoms with E-state index in [1.54, 1.807) is 7.11 Å². The van der Waals surface area contributed by atoms with Crippen molar-refractivity contribution < 1.29 is 14.6 Å². The number of ether oxygens (including phenoxy) is 1. The van der Waals surface area contributed by atoms with Gasteiger partial charge in [-0.1, -0.05) is 6.92 Å². The second-order valence-electron chi connectivity index (χ2n) is 5.86. The summed E-state index contributed by atoms with van der Waals surface area (Å²) in [4.78, 5) is 14.2. The molecule has 19 heavy (non-hydrogen) atoms. The zero-order valence-electron chi connectivity index (χ0n) is 12.4. The molecule has 0 aliphatic carbocycles. The molecule has 1 heterocycles. The van der Waals surface area contributed by atoms with Crippen molar-refractivity contribution in [2.75, 3.05) is 40.0 Å². The number of carbonyl (C=O) groups is 1. The minimum atomic E-state index is -0.131. The third kappa shape index (κ3) is 5.09. The van der Waals surface area contributed by atoms with Crippen molar-refractivity contribution in [2.24, 2.45) is 5.41 Å². The van der Waals surface area contributed by atoms with E-state index in [4.69, 9.17) is 4.74 Å². The Bertz CT molecular complexity index is 286. The van der Waals surface area contributed by atoms with E-state index >= 15 is 0 Å². The van der Waals surface area contributed by atoms with E-state index in [0.29, 0.717) is 13.2 Å². The number of piperidine rings is 1. The molecule has 0 saturated carbocycles. The Balaban J connectivity index is 2.39. The maximum atomic E-state index is 12.0. The number of nitrogens with one attached hydrogen (secondary N) is 1. The van der Waals surface area contributed by atoms with Crippen molar-refractivity contribution >= 4 is 5.91 Å². The van der Waals surface area contributed by atoms with Gasteiger partial charge in [-0.25, -0.2) is 0 Å². The van der Waals surface area contributed by atoms with Crippen LogP contribution in [-0.4, -0.2) is 61.9 Å². The third-order valence-electron chi connectivity index (χ3n) is 3.94. The highest BCUT2D eigenvalue weighted by Gasteiger charge is 2.34. The first-order valence-corrected chi connectivity index (χ1v) is 7.14. The van der Waals surface area contributed by atoms with Gasteiger partial charge < -0.3 is 15.2 Å². The van der Waals surface area contributed by atoms with Crippen molar-refractivity contribution in [1.29, 1.82) is 0 Å². The number of aliphatic hydroxyl groups is 1. The predicted octanol–water partition coefficient (Wildman–Crippen LogP) is 0.622. The molecule has 0 aromatic rings. The largest absolute Gasteiger partial charge is 0.396 e. The Kier molecular flexibility index (Phi) is 6.75. The summed E-state index contributed by atoms with van der Waals surface area (Å²) < 4.78 is 4.95. The zero-order valence-corrected chi connectivity index (χ0v) is 12.4. The summed E-state index contributed by atoms with van der Waals surface area (Å²) in [5.74, 6) is 0.0679. The van der Waals surface area contributed by atoms with Crippen molar-refractivity contribution in [3.63, 3.8) is 0 Å². The molecule has 2 atom stereocenters. The van der Waals surface area contributed by atoms with Gasteiger partial charge in [0.2, 0.25) is 5.91 Å². The summed E-state index contributed by atoms with van der Waals surface area (Å²) >= 11 is 0. The molecule has 2 unspecified atom stereocenters. The fourth-order valence-electron chi connectivity index (χ4n) is 2.56. The second-order valence-corrected chi connectivity index (χ2v) is 5.86. The number of aliphatic hydroxyl groups excluding tert-OH is 1. The van der Waals surface area contributed by atoms with Crippen LogP contribution >= 0.6 is 0 Å². The first kappa shape index (κ1) is 16.4. The SMILES string of the molecule is COCCCNC(=O)C(C)N1CCCC(C)(CO)C1.